The summed E-state index contributed by atoms with van der Waals surface area (Å²) in [7, 11) is 0. The highest BCUT2D eigenvalue weighted by Crippen LogP contribution is 2.29. The van der Waals surface area contributed by atoms with E-state index in [-0.39, 0.29) is 11.9 Å². The molecule has 0 spiro atoms. The molecule has 3 heteroatoms. The van der Waals surface area contributed by atoms with Crippen LogP contribution in [-0.4, -0.2) is 18.0 Å². The van der Waals surface area contributed by atoms with E-state index in [2.05, 4.69) is 12.2 Å². The van der Waals surface area contributed by atoms with Crippen LogP contribution in [0.1, 0.15) is 33.1 Å². The smallest absolute Gasteiger partial charge is 0.236 e. The van der Waals surface area contributed by atoms with Crippen LogP contribution in [0.25, 0.3) is 0 Å². The molecule has 0 radical (unpaired) electrons. The van der Waals surface area contributed by atoms with E-state index >= 15 is 0 Å². The third-order valence-corrected chi connectivity index (χ3v) is 2.64. The second-order valence-corrected chi connectivity index (χ2v) is 3.78. The minimum absolute atomic E-state index is 0.0330. The summed E-state index contributed by atoms with van der Waals surface area (Å²) >= 11 is 0. The molecule has 12 heavy (non-hydrogen) atoms. The van der Waals surface area contributed by atoms with E-state index in [9.17, 15) is 4.79 Å². The van der Waals surface area contributed by atoms with Crippen molar-refractivity contribution in [3.63, 3.8) is 0 Å². The van der Waals surface area contributed by atoms with Crippen molar-refractivity contribution in [3.8, 4) is 0 Å². The molecule has 1 saturated carbocycles. The average Bonchev–Trinajstić information content (AvgIpc) is 1.82. The second kappa shape index (κ2) is 3.90. The van der Waals surface area contributed by atoms with Gasteiger partial charge in [-0.2, -0.15) is 0 Å². The molecule has 0 aromatic rings. The van der Waals surface area contributed by atoms with Crippen molar-refractivity contribution in [2.45, 2.75) is 45.2 Å². The summed E-state index contributed by atoms with van der Waals surface area (Å²) in [5.74, 6) is 0.655. The maximum Gasteiger partial charge on any atom is 0.236 e. The van der Waals surface area contributed by atoms with Crippen LogP contribution >= 0.6 is 0 Å². The summed E-state index contributed by atoms with van der Waals surface area (Å²) in [5.41, 5.74) is 5.43. The summed E-state index contributed by atoms with van der Waals surface area (Å²) in [6.45, 7) is 3.77. The largest absolute Gasteiger partial charge is 0.352 e. The van der Waals surface area contributed by atoms with Crippen molar-refractivity contribution in [3.05, 3.63) is 0 Å². The van der Waals surface area contributed by atoms with Gasteiger partial charge in [0.25, 0.3) is 0 Å². The number of hydrogen-bond donors (Lipinski definition) is 2. The van der Waals surface area contributed by atoms with Crippen LogP contribution in [-0.2, 0) is 4.79 Å². The van der Waals surface area contributed by atoms with Crippen LogP contribution in [0, 0.1) is 5.92 Å². The molecule has 70 valence electrons. The van der Waals surface area contributed by atoms with Crippen molar-refractivity contribution in [2.75, 3.05) is 0 Å². The Bertz CT molecular complexity index is 164. The van der Waals surface area contributed by atoms with Gasteiger partial charge in [0.2, 0.25) is 5.91 Å². The van der Waals surface area contributed by atoms with E-state index in [1.165, 1.54) is 19.3 Å². The highest BCUT2D eigenvalue weighted by Gasteiger charge is 2.25. The quantitative estimate of drug-likeness (QED) is 0.653. The Morgan fingerprint density at radius 3 is 2.42 bits per heavy atom. The van der Waals surface area contributed by atoms with Crippen LogP contribution in [0.5, 0.6) is 0 Å². The third kappa shape index (κ3) is 2.21. The lowest BCUT2D eigenvalue weighted by molar-refractivity contribution is -0.123. The lowest BCUT2D eigenvalue weighted by atomic mass is 9.80. The van der Waals surface area contributed by atoms with E-state index in [0.29, 0.717) is 12.0 Å². The normalized spacial score (nSPS) is 22.6. The van der Waals surface area contributed by atoms with Crippen molar-refractivity contribution in [2.24, 2.45) is 11.7 Å². The Morgan fingerprint density at radius 1 is 1.50 bits per heavy atom. The molecule has 0 heterocycles. The lowest BCUT2D eigenvalue weighted by Gasteiger charge is -2.32. The predicted molar refractivity (Wildman–Crippen MR) is 48.6 cm³/mol. The molecule has 0 aliphatic heterocycles. The topological polar surface area (TPSA) is 55.1 Å². The first-order valence-electron chi connectivity index (χ1n) is 4.67. The molecule has 0 saturated heterocycles. The minimum atomic E-state index is -0.382. The van der Waals surface area contributed by atoms with Crippen LogP contribution < -0.4 is 11.1 Å². The number of nitrogens with two attached hydrogens (primary N) is 1. The van der Waals surface area contributed by atoms with Gasteiger partial charge in [-0.05, 0) is 32.6 Å². The van der Waals surface area contributed by atoms with Gasteiger partial charge in [-0.15, -0.1) is 0 Å². The molecule has 0 aromatic carbocycles. The van der Waals surface area contributed by atoms with Crippen LogP contribution in [0.3, 0.4) is 0 Å². The van der Waals surface area contributed by atoms with Gasteiger partial charge in [0.1, 0.15) is 0 Å². The van der Waals surface area contributed by atoms with E-state index in [4.69, 9.17) is 5.73 Å². The SMILES string of the molecule is CC(NC(=O)[C@@H](C)N)C1CCC1. The highest BCUT2D eigenvalue weighted by molar-refractivity contribution is 5.81. The number of rotatable bonds is 3. The number of amides is 1. The van der Waals surface area contributed by atoms with Gasteiger partial charge in [0.15, 0.2) is 0 Å². The van der Waals surface area contributed by atoms with Gasteiger partial charge in [0, 0.05) is 6.04 Å². The lowest BCUT2D eigenvalue weighted by Crippen LogP contribution is -2.46. The van der Waals surface area contributed by atoms with Crippen molar-refractivity contribution in [1.29, 1.82) is 0 Å². The van der Waals surface area contributed by atoms with Gasteiger partial charge in [-0.25, -0.2) is 0 Å². The molecular formula is C9H18N2O. The number of carbonyl (C=O) groups is 1. The van der Waals surface area contributed by atoms with Crippen molar-refractivity contribution < 1.29 is 4.79 Å². The number of hydrogen-bond acceptors (Lipinski definition) is 2. The van der Waals surface area contributed by atoms with Crippen LogP contribution in [0.2, 0.25) is 0 Å². The molecule has 1 amide bonds. The van der Waals surface area contributed by atoms with Gasteiger partial charge in [-0.1, -0.05) is 6.42 Å². The fourth-order valence-electron chi connectivity index (χ4n) is 1.41. The Kier molecular flexibility index (Phi) is 3.09. The van der Waals surface area contributed by atoms with Gasteiger partial charge < -0.3 is 11.1 Å². The zero-order valence-electron chi connectivity index (χ0n) is 7.84. The van der Waals surface area contributed by atoms with Crippen LogP contribution in [0.15, 0.2) is 0 Å². The fourth-order valence-corrected chi connectivity index (χ4v) is 1.41. The third-order valence-electron chi connectivity index (χ3n) is 2.64. The summed E-state index contributed by atoms with van der Waals surface area (Å²) < 4.78 is 0. The number of nitrogens with one attached hydrogen (secondary N) is 1. The van der Waals surface area contributed by atoms with Crippen LogP contribution in [0.4, 0.5) is 0 Å². The summed E-state index contributed by atoms with van der Waals surface area (Å²) in [6.07, 6.45) is 3.81. The molecule has 3 nitrogen and oxygen atoms in total. The van der Waals surface area contributed by atoms with Crippen molar-refractivity contribution >= 4 is 5.91 Å². The molecular weight excluding hydrogens is 152 g/mol. The maximum atomic E-state index is 11.2. The predicted octanol–water partition coefficient (Wildman–Crippen LogP) is 0.638. The zero-order chi connectivity index (χ0) is 9.14. The Hall–Kier alpha value is -0.570. The molecule has 1 rings (SSSR count). The molecule has 0 aromatic heterocycles. The molecule has 2 atom stereocenters. The maximum absolute atomic E-state index is 11.2. The minimum Gasteiger partial charge on any atom is -0.352 e. The van der Waals surface area contributed by atoms with Crippen molar-refractivity contribution in [1.82, 2.24) is 5.32 Å². The molecule has 1 aliphatic carbocycles. The molecule has 0 bridgehead atoms. The van der Waals surface area contributed by atoms with E-state index < -0.39 is 0 Å². The average molecular weight is 170 g/mol. The molecule has 1 fully saturated rings. The second-order valence-electron chi connectivity index (χ2n) is 3.78. The summed E-state index contributed by atoms with van der Waals surface area (Å²) in [6, 6.07) is -0.0789. The zero-order valence-corrected chi connectivity index (χ0v) is 7.84. The summed E-state index contributed by atoms with van der Waals surface area (Å²) in [4.78, 5) is 11.2. The Balaban J connectivity index is 2.24. The first-order valence-corrected chi connectivity index (χ1v) is 4.67. The first-order chi connectivity index (χ1) is 5.61. The molecule has 1 unspecified atom stereocenters. The van der Waals surface area contributed by atoms with E-state index in [1.54, 1.807) is 6.92 Å². The van der Waals surface area contributed by atoms with Gasteiger partial charge >= 0.3 is 0 Å². The number of carbonyl (C=O) groups excluding carboxylic acids is 1. The van der Waals surface area contributed by atoms with E-state index in [0.717, 1.165) is 0 Å². The summed E-state index contributed by atoms with van der Waals surface area (Å²) in [5, 5.41) is 2.92. The standard InChI is InChI=1S/C9H18N2O/c1-6(10)9(12)11-7(2)8-4-3-5-8/h6-8H,3-5,10H2,1-2H3,(H,11,12)/t6-,7?/m1/s1. The monoisotopic (exact) mass is 170 g/mol. The highest BCUT2D eigenvalue weighted by atomic mass is 16.2. The Morgan fingerprint density at radius 2 is 2.08 bits per heavy atom. The van der Waals surface area contributed by atoms with Gasteiger partial charge in [-0.3, -0.25) is 4.79 Å². The Labute approximate surface area is 73.7 Å². The van der Waals surface area contributed by atoms with Gasteiger partial charge in [0.05, 0.1) is 6.04 Å². The molecule has 3 N–H and O–H groups in total. The fraction of sp³-hybridized carbons (Fsp3) is 0.889. The molecule has 1 aliphatic rings. The van der Waals surface area contributed by atoms with E-state index in [1.807, 2.05) is 0 Å². The first kappa shape index (κ1) is 9.52.